The highest BCUT2D eigenvalue weighted by Gasteiger charge is 2.51. The Labute approximate surface area is 189 Å². The van der Waals surface area contributed by atoms with Crippen molar-refractivity contribution in [3.05, 3.63) is 28.8 Å². The van der Waals surface area contributed by atoms with Crippen LogP contribution >= 0.6 is 11.6 Å². The van der Waals surface area contributed by atoms with Crippen molar-refractivity contribution in [2.75, 3.05) is 13.1 Å². The van der Waals surface area contributed by atoms with Gasteiger partial charge in [0.15, 0.2) is 0 Å². The zero-order valence-corrected chi connectivity index (χ0v) is 19.7. The Bertz CT molecular complexity index is 871. The molecule has 2 fully saturated rings. The van der Waals surface area contributed by atoms with Crippen LogP contribution < -0.4 is 10.1 Å². The summed E-state index contributed by atoms with van der Waals surface area (Å²) in [6.45, 7) is 10.9. The number of carbonyl (C=O) groups excluding carboxylic acids is 2. The van der Waals surface area contributed by atoms with Crippen LogP contribution in [0.5, 0.6) is 5.75 Å². The van der Waals surface area contributed by atoms with Crippen LogP contribution in [-0.2, 0) is 14.3 Å². The lowest BCUT2D eigenvalue weighted by Gasteiger charge is -2.53. The van der Waals surface area contributed by atoms with Gasteiger partial charge in [-0.2, -0.15) is 0 Å². The molecule has 0 saturated carbocycles. The van der Waals surface area contributed by atoms with Crippen molar-refractivity contribution in [3.63, 3.8) is 0 Å². The summed E-state index contributed by atoms with van der Waals surface area (Å²) in [5, 5.41) is 3.51. The Hall–Kier alpha value is -1.79. The number of likely N-dealkylation sites (tertiary alicyclic amines) is 1. The van der Waals surface area contributed by atoms with Crippen LogP contribution in [-0.4, -0.2) is 47.6 Å². The quantitative estimate of drug-likeness (QED) is 0.759. The van der Waals surface area contributed by atoms with E-state index in [0.29, 0.717) is 18.1 Å². The molecule has 1 aromatic rings. The molecule has 6 nitrogen and oxygen atoms in total. The van der Waals surface area contributed by atoms with Crippen LogP contribution in [0.25, 0.3) is 0 Å². The lowest BCUT2D eigenvalue weighted by atomic mass is 9.70. The molecule has 3 aliphatic rings. The Balaban J connectivity index is 1.53. The van der Waals surface area contributed by atoms with Gasteiger partial charge in [0.25, 0.3) is 0 Å². The van der Waals surface area contributed by atoms with Crippen LogP contribution in [0.3, 0.4) is 0 Å². The average molecular weight is 449 g/mol. The predicted molar refractivity (Wildman–Crippen MR) is 119 cm³/mol. The number of benzene rings is 1. The number of carbonyl (C=O) groups is 2. The molecular formula is C24H33ClN2O4. The monoisotopic (exact) mass is 448 g/mol. The smallest absolute Gasteiger partial charge is 0.245 e. The molecule has 1 aromatic carbocycles. The standard InChI is InChI=1S/C24H33ClN2O4/c1-13(2)21(26-14(3)28)23(29)27-9-8-19-15(12-27)10-18-22(30-19)17-11-16(25)6-7-20(17)31-24(18,4)5/h6-7,11,13,15,18-19,21-22H,8-10,12H2,1-5H3,(H,26,28)/t15-,18+,19+,21+,22-/m1/s1. The minimum absolute atomic E-state index is 0.00190. The molecule has 170 valence electrons. The summed E-state index contributed by atoms with van der Waals surface area (Å²) in [5.74, 6) is 1.12. The van der Waals surface area contributed by atoms with E-state index in [1.54, 1.807) is 0 Å². The molecule has 3 heterocycles. The van der Waals surface area contributed by atoms with E-state index in [9.17, 15) is 9.59 Å². The lowest BCUT2D eigenvalue weighted by Crippen LogP contribution is -2.58. The van der Waals surface area contributed by atoms with Crippen molar-refractivity contribution in [3.8, 4) is 5.75 Å². The highest BCUT2D eigenvalue weighted by atomic mass is 35.5. The second-order valence-electron chi connectivity index (χ2n) is 10.1. The summed E-state index contributed by atoms with van der Waals surface area (Å²) < 4.78 is 13.0. The summed E-state index contributed by atoms with van der Waals surface area (Å²) in [5.41, 5.74) is 0.652. The van der Waals surface area contributed by atoms with E-state index in [2.05, 4.69) is 19.2 Å². The molecule has 4 rings (SSSR count). The maximum atomic E-state index is 13.2. The maximum absolute atomic E-state index is 13.2. The second kappa shape index (κ2) is 8.28. The molecule has 0 radical (unpaired) electrons. The molecule has 0 bridgehead atoms. The van der Waals surface area contributed by atoms with Gasteiger partial charge >= 0.3 is 0 Å². The van der Waals surface area contributed by atoms with E-state index in [1.807, 2.05) is 36.9 Å². The number of nitrogens with zero attached hydrogens (tertiary/aromatic N) is 1. The van der Waals surface area contributed by atoms with E-state index < -0.39 is 6.04 Å². The Morgan fingerprint density at radius 2 is 2.03 bits per heavy atom. The summed E-state index contributed by atoms with van der Waals surface area (Å²) in [7, 11) is 0. The Morgan fingerprint density at radius 1 is 1.29 bits per heavy atom. The number of amides is 2. The molecule has 0 spiro atoms. The number of hydrogen-bond acceptors (Lipinski definition) is 4. The molecule has 0 unspecified atom stereocenters. The molecule has 2 amide bonds. The number of nitrogens with one attached hydrogen (secondary N) is 1. The van der Waals surface area contributed by atoms with Gasteiger partial charge in [-0.05, 0) is 50.8 Å². The topological polar surface area (TPSA) is 67.9 Å². The van der Waals surface area contributed by atoms with E-state index >= 15 is 0 Å². The molecule has 7 heteroatoms. The van der Waals surface area contributed by atoms with Gasteiger partial charge in [-0.3, -0.25) is 9.59 Å². The minimum Gasteiger partial charge on any atom is -0.487 e. The SMILES string of the molecule is CC(=O)N[C@H](C(=O)N1CC[C@@H]2O[C@@H]3c4cc(Cl)ccc4OC(C)(C)[C@H]3C[C@@H]2C1)C(C)C. The maximum Gasteiger partial charge on any atom is 0.245 e. The third kappa shape index (κ3) is 4.29. The van der Waals surface area contributed by atoms with Gasteiger partial charge in [-0.15, -0.1) is 0 Å². The molecule has 2 saturated heterocycles. The van der Waals surface area contributed by atoms with Crippen LogP contribution in [0.4, 0.5) is 0 Å². The van der Waals surface area contributed by atoms with E-state index in [1.165, 1.54) is 6.92 Å². The summed E-state index contributed by atoms with van der Waals surface area (Å²) >= 11 is 6.28. The molecule has 31 heavy (non-hydrogen) atoms. The normalized spacial score (nSPS) is 29.8. The summed E-state index contributed by atoms with van der Waals surface area (Å²) in [4.78, 5) is 26.7. The zero-order chi connectivity index (χ0) is 22.5. The van der Waals surface area contributed by atoms with Crippen molar-refractivity contribution in [2.24, 2.45) is 17.8 Å². The average Bonchev–Trinajstić information content (AvgIpc) is 2.70. The van der Waals surface area contributed by atoms with E-state index in [0.717, 1.165) is 24.2 Å². The van der Waals surface area contributed by atoms with E-state index in [4.69, 9.17) is 21.1 Å². The van der Waals surface area contributed by atoms with Gasteiger partial charge in [-0.1, -0.05) is 25.4 Å². The number of fused-ring (bicyclic) bond motifs is 4. The largest absolute Gasteiger partial charge is 0.487 e. The zero-order valence-electron chi connectivity index (χ0n) is 19.0. The third-order valence-electron chi connectivity index (χ3n) is 7.06. The minimum atomic E-state index is -0.491. The first kappa shape index (κ1) is 22.4. The molecular weight excluding hydrogens is 416 g/mol. The number of rotatable bonds is 3. The summed E-state index contributed by atoms with van der Waals surface area (Å²) in [6.07, 6.45) is 1.76. The predicted octanol–water partition coefficient (Wildman–Crippen LogP) is 3.97. The van der Waals surface area contributed by atoms with Crippen molar-refractivity contribution in [1.29, 1.82) is 0 Å². The highest BCUT2D eigenvalue weighted by molar-refractivity contribution is 6.30. The van der Waals surface area contributed by atoms with Gasteiger partial charge in [0.05, 0.1) is 12.2 Å². The summed E-state index contributed by atoms with van der Waals surface area (Å²) in [6, 6.07) is 5.26. The molecule has 1 N–H and O–H groups in total. The fourth-order valence-electron chi connectivity index (χ4n) is 5.41. The van der Waals surface area contributed by atoms with Crippen LogP contribution in [0, 0.1) is 17.8 Å². The van der Waals surface area contributed by atoms with Crippen molar-refractivity contribution < 1.29 is 19.1 Å². The number of halogens is 1. The lowest BCUT2D eigenvalue weighted by molar-refractivity contribution is -0.189. The molecule has 0 aliphatic carbocycles. The van der Waals surface area contributed by atoms with Gasteiger partial charge in [-0.25, -0.2) is 0 Å². The van der Waals surface area contributed by atoms with Crippen molar-refractivity contribution >= 4 is 23.4 Å². The fraction of sp³-hybridized carbons (Fsp3) is 0.667. The van der Waals surface area contributed by atoms with Gasteiger partial charge in [0.1, 0.15) is 17.4 Å². The van der Waals surface area contributed by atoms with Crippen LogP contribution in [0.15, 0.2) is 18.2 Å². The molecule has 5 atom stereocenters. The van der Waals surface area contributed by atoms with Crippen LogP contribution in [0.1, 0.15) is 59.1 Å². The number of hydrogen-bond donors (Lipinski definition) is 1. The van der Waals surface area contributed by atoms with Gasteiger partial charge in [0, 0.05) is 42.4 Å². The second-order valence-corrected chi connectivity index (χ2v) is 10.5. The van der Waals surface area contributed by atoms with Gasteiger partial charge in [0.2, 0.25) is 11.8 Å². The molecule has 0 aromatic heterocycles. The first-order chi connectivity index (χ1) is 14.6. The Morgan fingerprint density at radius 3 is 2.71 bits per heavy atom. The highest BCUT2D eigenvalue weighted by Crippen LogP contribution is 2.53. The first-order valence-corrected chi connectivity index (χ1v) is 11.6. The van der Waals surface area contributed by atoms with E-state index in [-0.39, 0.29) is 47.4 Å². The van der Waals surface area contributed by atoms with Gasteiger partial charge < -0.3 is 19.7 Å². The van der Waals surface area contributed by atoms with Crippen LogP contribution in [0.2, 0.25) is 5.02 Å². The number of ether oxygens (including phenoxy) is 2. The number of piperidine rings is 1. The third-order valence-corrected chi connectivity index (χ3v) is 7.29. The fourth-order valence-corrected chi connectivity index (χ4v) is 5.59. The van der Waals surface area contributed by atoms with Crippen molar-refractivity contribution in [2.45, 2.75) is 71.3 Å². The van der Waals surface area contributed by atoms with Crippen molar-refractivity contribution in [1.82, 2.24) is 10.2 Å². The molecule has 3 aliphatic heterocycles. The Kier molecular flexibility index (Phi) is 5.99. The first-order valence-electron chi connectivity index (χ1n) is 11.3.